The molecular formula is C24H30N4O6S. The smallest absolute Gasteiger partial charge is 0.426 e. The Bertz CT molecular complexity index is 1010. The number of carbonyl (C=O) groups is 4. The van der Waals surface area contributed by atoms with Gasteiger partial charge in [0.15, 0.2) is 0 Å². The summed E-state index contributed by atoms with van der Waals surface area (Å²) in [6.07, 6.45) is -0.523. The number of carbonyl (C=O) groups excluding carboxylic acids is 4. The van der Waals surface area contributed by atoms with Gasteiger partial charge in [-0.1, -0.05) is 36.4 Å². The van der Waals surface area contributed by atoms with Crippen molar-refractivity contribution in [1.29, 1.82) is 0 Å². The molecule has 1 aromatic carbocycles. The van der Waals surface area contributed by atoms with Gasteiger partial charge in [0.05, 0.1) is 10.9 Å². The molecule has 10 nitrogen and oxygen atoms in total. The van der Waals surface area contributed by atoms with Crippen LogP contribution in [0.2, 0.25) is 0 Å². The van der Waals surface area contributed by atoms with Gasteiger partial charge in [-0.25, -0.2) is 24.8 Å². The molecule has 2 heterocycles. The lowest BCUT2D eigenvalue weighted by molar-refractivity contribution is 0.0238. The Morgan fingerprint density at radius 3 is 2.34 bits per heavy atom. The van der Waals surface area contributed by atoms with E-state index in [0.717, 1.165) is 10.6 Å². The summed E-state index contributed by atoms with van der Waals surface area (Å²) < 4.78 is 10.7. The third kappa shape index (κ3) is 7.99. The van der Waals surface area contributed by atoms with Crippen LogP contribution < -0.4 is 10.7 Å². The largest absolute Gasteiger partial charge is 0.445 e. The lowest BCUT2D eigenvalue weighted by Crippen LogP contribution is -2.59. The number of ether oxygens (including phenoxy) is 2. The van der Waals surface area contributed by atoms with Crippen molar-refractivity contribution >= 4 is 35.5 Å². The van der Waals surface area contributed by atoms with Gasteiger partial charge in [0.2, 0.25) is 0 Å². The minimum Gasteiger partial charge on any atom is -0.445 e. The molecule has 0 spiro atoms. The monoisotopic (exact) mass is 502 g/mol. The molecule has 0 aliphatic carbocycles. The fourth-order valence-electron chi connectivity index (χ4n) is 3.45. The standard InChI is InChI=1S/C24H30N4O6S/c1-24(2,3)34-22(31)26-28(21(30)25-20(29)19-10-7-15-35-19)18-11-13-27(14-12-18)23(32)33-16-17-8-5-4-6-9-17/h4-10,15,18H,11-14,16H2,1-3H3,(H,26,31)(H,25,29,30). The predicted octanol–water partition coefficient (Wildman–Crippen LogP) is 4.14. The summed E-state index contributed by atoms with van der Waals surface area (Å²) in [7, 11) is 0. The van der Waals surface area contributed by atoms with Crippen LogP contribution in [0.5, 0.6) is 0 Å². The number of rotatable bonds is 4. The van der Waals surface area contributed by atoms with Gasteiger partial charge in [0.1, 0.15) is 12.2 Å². The summed E-state index contributed by atoms with van der Waals surface area (Å²) in [6, 6.07) is 11.4. The number of hydrogen-bond donors (Lipinski definition) is 2. The number of piperidine rings is 1. The topological polar surface area (TPSA) is 117 Å². The minimum absolute atomic E-state index is 0.166. The Labute approximate surface area is 208 Å². The zero-order valence-corrected chi connectivity index (χ0v) is 20.8. The molecule has 2 aromatic rings. The van der Waals surface area contributed by atoms with Crippen molar-refractivity contribution in [3.63, 3.8) is 0 Å². The zero-order chi connectivity index (χ0) is 25.4. The number of urea groups is 1. The van der Waals surface area contributed by atoms with Crippen LogP contribution in [0.4, 0.5) is 14.4 Å². The molecule has 188 valence electrons. The molecule has 1 aromatic heterocycles. The zero-order valence-electron chi connectivity index (χ0n) is 20.0. The van der Waals surface area contributed by atoms with Crippen LogP contribution in [-0.2, 0) is 16.1 Å². The number of likely N-dealkylation sites (tertiary alicyclic amines) is 1. The Morgan fingerprint density at radius 1 is 1.06 bits per heavy atom. The van der Waals surface area contributed by atoms with Gasteiger partial charge in [-0.2, -0.15) is 0 Å². The van der Waals surface area contributed by atoms with E-state index in [1.54, 1.807) is 43.2 Å². The highest BCUT2D eigenvalue weighted by molar-refractivity contribution is 7.12. The lowest BCUT2D eigenvalue weighted by Gasteiger charge is -2.37. The maximum absolute atomic E-state index is 12.9. The fraction of sp³-hybridized carbons (Fsp3) is 0.417. The van der Waals surface area contributed by atoms with Crippen molar-refractivity contribution in [2.75, 3.05) is 13.1 Å². The first-order chi connectivity index (χ1) is 16.6. The molecule has 0 bridgehead atoms. The second kappa shape index (κ2) is 11.7. The van der Waals surface area contributed by atoms with Crippen molar-refractivity contribution < 1.29 is 28.7 Å². The maximum atomic E-state index is 12.9. The minimum atomic E-state index is -0.819. The third-order valence-electron chi connectivity index (χ3n) is 5.09. The Balaban J connectivity index is 1.60. The van der Waals surface area contributed by atoms with E-state index >= 15 is 0 Å². The molecule has 1 aliphatic heterocycles. The molecule has 1 saturated heterocycles. The van der Waals surface area contributed by atoms with Crippen molar-refractivity contribution in [2.24, 2.45) is 0 Å². The molecule has 0 saturated carbocycles. The van der Waals surface area contributed by atoms with Crippen LogP contribution in [-0.4, -0.2) is 58.8 Å². The highest BCUT2D eigenvalue weighted by atomic mass is 32.1. The molecule has 0 unspecified atom stereocenters. The summed E-state index contributed by atoms with van der Waals surface area (Å²) in [6.45, 7) is 5.91. The van der Waals surface area contributed by atoms with Crippen LogP contribution in [0.25, 0.3) is 0 Å². The van der Waals surface area contributed by atoms with Crippen molar-refractivity contribution in [3.05, 3.63) is 58.3 Å². The van der Waals surface area contributed by atoms with E-state index in [1.807, 2.05) is 30.3 Å². The number of nitrogens with zero attached hydrogens (tertiary/aromatic N) is 2. The van der Waals surface area contributed by atoms with Crippen LogP contribution >= 0.6 is 11.3 Å². The van der Waals surface area contributed by atoms with Gasteiger partial charge >= 0.3 is 18.2 Å². The van der Waals surface area contributed by atoms with Crippen LogP contribution in [0.1, 0.15) is 48.8 Å². The van der Waals surface area contributed by atoms with Gasteiger partial charge < -0.3 is 14.4 Å². The second-order valence-electron chi connectivity index (χ2n) is 8.98. The number of nitrogens with one attached hydrogen (secondary N) is 2. The average Bonchev–Trinajstić information content (AvgIpc) is 3.36. The quantitative estimate of drug-likeness (QED) is 0.607. The van der Waals surface area contributed by atoms with Gasteiger partial charge in [0.25, 0.3) is 5.91 Å². The van der Waals surface area contributed by atoms with Gasteiger partial charge in [-0.3, -0.25) is 10.1 Å². The Hall–Kier alpha value is -3.60. The lowest BCUT2D eigenvalue weighted by atomic mass is 10.1. The van der Waals surface area contributed by atoms with E-state index in [0.29, 0.717) is 30.8 Å². The van der Waals surface area contributed by atoms with Crippen molar-refractivity contribution in [3.8, 4) is 0 Å². The first kappa shape index (κ1) is 26.0. The fourth-order valence-corrected chi connectivity index (χ4v) is 4.07. The number of thiophene rings is 1. The van der Waals surface area contributed by atoms with Crippen molar-refractivity contribution in [2.45, 2.75) is 51.9 Å². The van der Waals surface area contributed by atoms with Crippen LogP contribution in [0, 0.1) is 0 Å². The summed E-state index contributed by atoms with van der Waals surface area (Å²) in [4.78, 5) is 52.1. The Kier molecular flexibility index (Phi) is 8.69. The highest BCUT2D eigenvalue weighted by Gasteiger charge is 2.33. The number of amides is 5. The third-order valence-corrected chi connectivity index (χ3v) is 5.96. The number of hydrazine groups is 1. The average molecular weight is 503 g/mol. The SMILES string of the molecule is CC(C)(C)OC(=O)NN(C(=O)NC(=O)c1cccs1)C1CCN(C(=O)OCc2ccccc2)CC1. The van der Waals surface area contributed by atoms with Crippen LogP contribution in [0.3, 0.4) is 0 Å². The summed E-state index contributed by atoms with van der Waals surface area (Å²) in [5.41, 5.74) is 2.57. The molecule has 0 radical (unpaired) electrons. The normalized spacial score (nSPS) is 14.1. The first-order valence-corrected chi connectivity index (χ1v) is 12.1. The van der Waals surface area contributed by atoms with E-state index < -0.39 is 35.8 Å². The molecule has 3 rings (SSSR count). The van der Waals surface area contributed by atoms with Crippen molar-refractivity contribution in [1.82, 2.24) is 20.7 Å². The van der Waals surface area contributed by atoms with Gasteiger partial charge in [0, 0.05) is 13.1 Å². The van der Waals surface area contributed by atoms with E-state index in [2.05, 4.69) is 10.7 Å². The molecule has 1 fully saturated rings. The predicted molar refractivity (Wildman–Crippen MR) is 130 cm³/mol. The van der Waals surface area contributed by atoms with Gasteiger partial charge in [-0.15, -0.1) is 11.3 Å². The molecule has 0 atom stereocenters. The van der Waals surface area contributed by atoms with E-state index in [9.17, 15) is 19.2 Å². The number of hydrogen-bond acceptors (Lipinski definition) is 7. The first-order valence-electron chi connectivity index (χ1n) is 11.3. The van der Waals surface area contributed by atoms with E-state index in [4.69, 9.17) is 9.47 Å². The molecule has 11 heteroatoms. The summed E-state index contributed by atoms with van der Waals surface area (Å²) >= 11 is 1.20. The number of imide groups is 1. The molecule has 2 N–H and O–H groups in total. The van der Waals surface area contributed by atoms with E-state index in [-0.39, 0.29) is 6.61 Å². The van der Waals surface area contributed by atoms with E-state index in [1.165, 1.54) is 11.3 Å². The summed E-state index contributed by atoms with van der Waals surface area (Å²) in [5.74, 6) is -0.567. The van der Waals surface area contributed by atoms with Crippen LogP contribution in [0.15, 0.2) is 47.8 Å². The molecule has 5 amide bonds. The highest BCUT2D eigenvalue weighted by Crippen LogP contribution is 2.18. The Morgan fingerprint density at radius 2 is 1.74 bits per heavy atom. The second-order valence-corrected chi connectivity index (χ2v) is 9.93. The molecule has 1 aliphatic rings. The maximum Gasteiger partial charge on any atom is 0.426 e. The van der Waals surface area contributed by atoms with Gasteiger partial charge in [-0.05, 0) is 50.6 Å². The summed E-state index contributed by atoms with van der Waals surface area (Å²) in [5, 5.41) is 5.10. The molecular weight excluding hydrogens is 472 g/mol. The number of benzene rings is 1. The molecule has 35 heavy (non-hydrogen) atoms.